The average Bonchev–Trinajstić information content (AvgIpc) is 1.64. The first-order chi connectivity index (χ1) is 64.3. The Morgan fingerprint density at radius 2 is 0.572 bits per heavy atom. The van der Waals surface area contributed by atoms with Crippen molar-refractivity contribution in [1.82, 2.24) is 31.9 Å². The third-order valence-electron chi connectivity index (χ3n) is 24.7. The molecule has 4 saturated heterocycles. The monoisotopic (exact) mass is 1910 g/mol. The summed E-state index contributed by atoms with van der Waals surface area (Å²) in [5.74, 6) is -9.96. The SMILES string of the molecule is CC1(C)OB([C@@H](CC(N)=O)NC(=O)c2ccc(-c3ccccc3)cc2)OC1(C)C.CC1(C)OB([C@H](CC(N)=O)NC(=O)CCCc2ccccc2)OC1(C)C.CC1(C)OB([C@H](CC(N)=O)NC(=O)c2ccc(-c3ccccc3)cc2)OC1(C)C.CCC(=O)N[C@H](CC(N)=O)B(O)O.CCCC(=O)N[C@@H](CC(N)=O)B1OC(C)(C)C(C)(C)O1.NC(=O)C[C@@H](NC(=O)c1ccc2ccccc2c1)B(O)O. The predicted molar refractivity (Wildman–Crippen MR) is 529 cm³/mol. The molecule has 0 aliphatic carbocycles. The summed E-state index contributed by atoms with van der Waals surface area (Å²) in [5.41, 5.74) is 33.5. The molecule has 0 spiro atoms. The van der Waals surface area contributed by atoms with Crippen molar-refractivity contribution in [3.63, 3.8) is 0 Å². The number of hydrogen-bond acceptors (Lipinski definition) is 24. The summed E-state index contributed by atoms with van der Waals surface area (Å²) < 4.78 is 47.6. The summed E-state index contributed by atoms with van der Waals surface area (Å²) in [7, 11) is -6.54. The number of rotatable bonds is 36. The van der Waals surface area contributed by atoms with Gasteiger partial charge in [0.1, 0.15) is 0 Å². The first-order valence-corrected chi connectivity index (χ1v) is 45.8. The number of carbonyl (C=O) groups excluding carboxylic acids is 12. The number of benzene rings is 7. The fourth-order valence-corrected chi connectivity index (χ4v) is 14.0. The zero-order valence-electron chi connectivity index (χ0n) is 82.2. The summed E-state index contributed by atoms with van der Waals surface area (Å²) in [6.45, 7) is 34.2. The van der Waals surface area contributed by atoms with Gasteiger partial charge in [-0.1, -0.05) is 159 Å². The Morgan fingerprint density at radius 3 is 0.877 bits per heavy atom. The van der Waals surface area contributed by atoms with E-state index in [9.17, 15) is 57.5 Å². The highest BCUT2D eigenvalue weighted by molar-refractivity contribution is 6.50. The van der Waals surface area contributed by atoms with Gasteiger partial charge >= 0.3 is 42.7 Å². The fraction of sp³-hybridized carbons (Fsp3) is 0.458. The smallest absolute Gasteiger partial charge is 0.426 e. The quantitative estimate of drug-likeness (QED) is 0.0192. The van der Waals surface area contributed by atoms with E-state index in [0.29, 0.717) is 29.5 Å². The Hall–Kier alpha value is -11.7. The Balaban J connectivity index is 0.000000258. The van der Waals surface area contributed by atoms with Crippen molar-refractivity contribution >= 4 is 124 Å². The summed E-state index contributed by atoms with van der Waals surface area (Å²) in [5, 5.41) is 53.7. The van der Waals surface area contributed by atoms with E-state index >= 15 is 0 Å². The highest BCUT2D eigenvalue weighted by Gasteiger charge is 2.58. The average molecular weight is 1910 g/mol. The van der Waals surface area contributed by atoms with Crippen molar-refractivity contribution in [2.75, 3.05) is 0 Å². The molecule has 7 aromatic carbocycles. The number of aryl methyl sites for hydroxylation is 1. The van der Waals surface area contributed by atoms with Gasteiger partial charge in [-0.2, -0.15) is 0 Å². The van der Waals surface area contributed by atoms with Crippen LogP contribution >= 0.6 is 0 Å². The van der Waals surface area contributed by atoms with Crippen molar-refractivity contribution in [2.24, 2.45) is 34.4 Å². The normalized spacial score (nSPS) is 17.3. The van der Waals surface area contributed by atoms with Crippen LogP contribution in [0, 0.1) is 0 Å². The van der Waals surface area contributed by atoms with Crippen LogP contribution in [-0.4, -0.2) is 214 Å². The minimum Gasteiger partial charge on any atom is -0.426 e. The molecular formula is C96H136B6N12O24. The second kappa shape index (κ2) is 51.3. The van der Waals surface area contributed by atoms with Gasteiger partial charge in [-0.15, -0.1) is 0 Å². The number of amides is 12. The van der Waals surface area contributed by atoms with Crippen LogP contribution in [0.4, 0.5) is 0 Å². The minimum absolute atomic E-state index is 0.00766. The first-order valence-electron chi connectivity index (χ1n) is 45.8. The van der Waals surface area contributed by atoms with Crippen LogP contribution in [0.25, 0.3) is 33.0 Å². The first kappa shape index (κ1) is 115. The lowest BCUT2D eigenvalue weighted by Crippen LogP contribution is -2.50. The predicted octanol–water partition coefficient (Wildman–Crippen LogP) is 6.29. The van der Waals surface area contributed by atoms with E-state index in [0.717, 1.165) is 52.3 Å². The maximum absolute atomic E-state index is 12.8. The van der Waals surface area contributed by atoms with Crippen LogP contribution in [0.15, 0.2) is 182 Å². The summed E-state index contributed by atoms with van der Waals surface area (Å²) >= 11 is 0. The van der Waals surface area contributed by atoms with Crippen molar-refractivity contribution < 1.29 is 115 Å². The van der Waals surface area contributed by atoms with Gasteiger partial charge < -0.3 is 124 Å². The molecule has 742 valence electrons. The maximum Gasteiger partial charge on any atom is 0.482 e. The molecule has 6 atom stereocenters. The van der Waals surface area contributed by atoms with Crippen molar-refractivity contribution in [3.8, 4) is 22.3 Å². The molecule has 7 aromatic rings. The van der Waals surface area contributed by atoms with Gasteiger partial charge in [-0.25, -0.2) is 0 Å². The van der Waals surface area contributed by atoms with Gasteiger partial charge in [-0.3, -0.25) is 57.5 Å². The van der Waals surface area contributed by atoms with E-state index in [1.165, 1.54) is 5.56 Å². The van der Waals surface area contributed by atoms with Gasteiger partial charge in [-0.05, 0) is 205 Å². The molecule has 42 heteroatoms. The van der Waals surface area contributed by atoms with E-state index in [2.05, 4.69) is 31.9 Å². The van der Waals surface area contributed by atoms with Crippen LogP contribution in [-0.2, 0) is 86.8 Å². The summed E-state index contributed by atoms with van der Waals surface area (Å²) in [4.78, 5) is 140. The van der Waals surface area contributed by atoms with Gasteiger partial charge in [0.25, 0.3) is 17.7 Å². The largest absolute Gasteiger partial charge is 0.482 e. The zero-order chi connectivity index (χ0) is 103. The number of carbonyl (C=O) groups is 12. The zero-order valence-corrected chi connectivity index (χ0v) is 82.2. The topological polar surface area (TPSA) is 588 Å². The second-order valence-corrected chi connectivity index (χ2v) is 38.0. The molecule has 0 unspecified atom stereocenters. The molecule has 22 N–H and O–H groups in total. The molecule has 36 nitrogen and oxygen atoms in total. The van der Waals surface area contributed by atoms with E-state index in [1.54, 1.807) is 49.4 Å². The third-order valence-corrected chi connectivity index (χ3v) is 24.7. The van der Waals surface area contributed by atoms with E-state index in [1.807, 2.05) is 257 Å². The van der Waals surface area contributed by atoms with Gasteiger partial charge in [0.05, 0.1) is 80.5 Å². The lowest BCUT2D eigenvalue weighted by Gasteiger charge is -2.32. The Labute approximate surface area is 810 Å². The summed E-state index contributed by atoms with van der Waals surface area (Å²) in [6.07, 6.45) is 2.43. The molecule has 4 fully saturated rings. The molecule has 0 radical (unpaired) electrons. The van der Waals surface area contributed by atoms with Crippen LogP contribution in [0.5, 0.6) is 0 Å². The number of nitrogens with two attached hydrogens (primary N) is 6. The Kier molecular flexibility index (Phi) is 42.8. The lowest BCUT2D eigenvalue weighted by molar-refractivity contribution is -0.123. The Morgan fingerprint density at radius 1 is 0.304 bits per heavy atom. The highest BCUT2D eigenvalue weighted by atomic mass is 16.7. The maximum atomic E-state index is 12.8. The third kappa shape index (κ3) is 35.3. The molecule has 138 heavy (non-hydrogen) atoms. The minimum atomic E-state index is -1.86. The van der Waals surface area contributed by atoms with E-state index in [-0.39, 0.29) is 74.5 Å². The Bertz CT molecular complexity index is 5030. The molecular weight excluding hydrogens is 1770 g/mol. The molecule has 4 aliphatic heterocycles. The van der Waals surface area contributed by atoms with Gasteiger partial charge in [0.2, 0.25) is 53.2 Å². The van der Waals surface area contributed by atoms with Crippen molar-refractivity contribution in [3.05, 3.63) is 204 Å². The fourth-order valence-electron chi connectivity index (χ4n) is 14.0. The second-order valence-electron chi connectivity index (χ2n) is 38.0. The summed E-state index contributed by atoms with van der Waals surface area (Å²) in [6, 6.07) is 57.1. The lowest BCUT2D eigenvalue weighted by atomic mass is 9.76. The molecule has 11 rings (SSSR count). The van der Waals surface area contributed by atoms with Crippen LogP contribution < -0.4 is 66.3 Å². The van der Waals surface area contributed by atoms with Crippen molar-refractivity contribution in [1.29, 1.82) is 0 Å². The molecule has 12 amide bonds. The van der Waals surface area contributed by atoms with E-state index < -0.39 is 165 Å². The van der Waals surface area contributed by atoms with Gasteiger partial charge in [0, 0.05) is 74.5 Å². The molecule has 4 heterocycles. The molecule has 4 aliphatic rings. The molecule has 0 aromatic heterocycles. The molecule has 0 saturated carbocycles. The van der Waals surface area contributed by atoms with Crippen molar-refractivity contribution in [2.45, 2.75) is 282 Å². The van der Waals surface area contributed by atoms with Gasteiger partial charge in [0.15, 0.2) is 0 Å². The number of nitrogens with one attached hydrogen (secondary N) is 6. The standard InChI is InChI=1S/2C22H27BN2O4.C19H29BN2O4.C14H15BN2O4.C13H25BN2O4.C6H13BN2O4/c2*1-21(2)22(3,4)29-23(28-21)18(14-19(24)26)25-20(27)17-12-10-16(11-13-17)15-8-6-5-7-9-15;1-18(2)19(3,4)26-20(25-18)15(13-16(21)23)22-17(24)12-8-11-14-9-6-5-7-10-14;16-13(18)8-12(15(20)21)17-14(19)11-6-5-9-3-1-2-4-10(9)7-11;1-6-7-11(18)16-9(8-10(15)17)14-19-12(2,3)13(4,5)20-14;1-2-6(11)9-4(7(12)13)3-5(8)10/h2*5-13,18H,14H2,1-4H3,(H2,24,26)(H,25,27);5-7,9-10,15H,8,11-13H2,1-4H3,(H2,21,23)(H,22,24);1-7,12,20-21H,8H2,(H2,16,18)(H,17,19);9H,6-8H2,1-5H3,(H2,15,17)(H,16,18);4,12-13H,2-3H2,1H3,(H2,8,10)(H,9,11)/t2*18-;15-;12-;9-;4-/m100101/s1. The number of fused-ring (bicyclic) bond motifs is 1. The van der Waals surface area contributed by atoms with Crippen LogP contribution in [0.1, 0.15) is 232 Å². The highest BCUT2D eigenvalue weighted by Crippen LogP contribution is 2.42. The number of primary amides is 6. The van der Waals surface area contributed by atoms with Crippen LogP contribution in [0.2, 0.25) is 0 Å². The number of hydrogen-bond donors (Lipinski definition) is 16. The molecule has 0 bridgehead atoms. The van der Waals surface area contributed by atoms with Crippen LogP contribution in [0.3, 0.4) is 0 Å². The van der Waals surface area contributed by atoms with E-state index in [4.69, 9.17) is 91.7 Å².